The molecule has 130 valence electrons. The van der Waals surface area contributed by atoms with Crippen molar-refractivity contribution >= 4 is 29.3 Å². The van der Waals surface area contributed by atoms with Crippen LogP contribution in [0.15, 0.2) is 53.4 Å². The average molecular weight is 356 g/mol. The number of hydroxylamine groups is 1. The summed E-state index contributed by atoms with van der Waals surface area (Å²) in [6, 6.07) is 15.4. The standard InChI is InChI=1S/C19H20N2O3S/c1-2-15(12-6-4-3-5-7-12)18(22)20-14-9-8-13-10-17(19(23)21-24)25-16(13)11-14/h3-9,11,15,17,24H,2,10H2,1H3,(H,20,22)(H,21,23). The Morgan fingerprint density at radius 3 is 2.68 bits per heavy atom. The van der Waals surface area contributed by atoms with Crippen molar-refractivity contribution < 1.29 is 14.8 Å². The summed E-state index contributed by atoms with van der Waals surface area (Å²) in [5.41, 5.74) is 4.46. The van der Waals surface area contributed by atoms with E-state index in [-0.39, 0.29) is 17.1 Å². The van der Waals surface area contributed by atoms with Crippen LogP contribution in [0.4, 0.5) is 5.69 Å². The number of hydrogen-bond donors (Lipinski definition) is 3. The summed E-state index contributed by atoms with van der Waals surface area (Å²) in [6.45, 7) is 1.99. The smallest absolute Gasteiger partial charge is 0.257 e. The van der Waals surface area contributed by atoms with Gasteiger partial charge in [-0.2, -0.15) is 0 Å². The highest BCUT2D eigenvalue weighted by atomic mass is 32.2. The van der Waals surface area contributed by atoms with E-state index < -0.39 is 5.91 Å². The van der Waals surface area contributed by atoms with Crippen molar-refractivity contribution in [2.75, 3.05) is 5.32 Å². The first-order chi connectivity index (χ1) is 12.1. The van der Waals surface area contributed by atoms with E-state index in [1.165, 1.54) is 11.8 Å². The van der Waals surface area contributed by atoms with Crippen molar-refractivity contribution in [1.82, 2.24) is 5.48 Å². The molecule has 3 N–H and O–H groups in total. The molecule has 0 spiro atoms. The molecule has 2 amide bonds. The maximum atomic E-state index is 12.6. The second-order valence-electron chi connectivity index (χ2n) is 5.97. The zero-order valence-corrected chi connectivity index (χ0v) is 14.7. The number of anilines is 1. The Kier molecular flexibility index (Phi) is 5.40. The van der Waals surface area contributed by atoms with Crippen LogP contribution >= 0.6 is 11.8 Å². The van der Waals surface area contributed by atoms with E-state index in [2.05, 4.69) is 5.32 Å². The Bertz CT molecular complexity index is 779. The van der Waals surface area contributed by atoms with Gasteiger partial charge in [0.2, 0.25) is 5.91 Å². The number of benzene rings is 2. The van der Waals surface area contributed by atoms with Crippen molar-refractivity contribution in [1.29, 1.82) is 0 Å². The van der Waals surface area contributed by atoms with Gasteiger partial charge in [0.05, 0.1) is 11.2 Å². The predicted octanol–water partition coefficient (Wildman–Crippen LogP) is 3.34. The molecule has 2 unspecified atom stereocenters. The molecule has 0 saturated carbocycles. The molecular weight excluding hydrogens is 336 g/mol. The molecule has 5 nitrogen and oxygen atoms in total. The van der Waals surface area contributed by atoms with Gasteiger partial charge in [0, 0.05) is 10.6 Å². The number of amides is 2. The minimum Gasteiger partial charge on any atom is -0.326 e. The summed E-state index contributed by atoms with van der Waals surface area (Å²) in [4.78, 5) is 25.2. The summed E-state index contributed by atoms with van der Waals surface area (Å²) in [5.74, 6) is -0.641. The lowest BCUT2D eigenvalue weighted by Crippen LogP contribution is -2.29. The molecule has 0 fully saturated rings. The summed E-state index contributed by atoms with van der Waals surface area (Å²) in [7, 11) is 0. The van der Waals surface area contributed by atoms with Gasteiger partial charge in [-0.1, -0.05) is 43.3 Å². The summed E-state index contributed by atoms with van der Waals surface area (Å²) < 4.78 is 0. The Morgan fingerprint density at radius 2 is 2.00 bits per heavy atom. The van der Waals surface area contributed by atoms with Crippen molar-refractivity contribution in [3.8, 4) is 0 Å². The molecule has 0 bridgehead atoms. The van der Waals surface area contributed by atoms with Gasteiger partial charge in [-0.15, -0.1) is 11.8 Å². The number of carbonyl (C=O) groups excluding carboxylic acids is 2. The Hall–Kier alpha value is -2.31. The number of rotatable bonds is 5. The molecule has 3 rings (SSSR count). The molecule has 0 radical (unpaired) electrons. The molecule has 2 aromatic rings. The van der Waals surface area contributed by atoms with Crippen LogP contribution in [0.1, 0.15) is 30.4 Å². The van der Waals surface area contributed by atoms with E-state index in [1.807, 2.05) is 55.5 Å². The van der Waals surface area contributed by atoms with Gasteiger partial charge >= 0.3 is 0 Å². The Labute approximate surface area is 150 Å². The first kappa shape index (κ1) is 17.5. The second kappa shape index (κ2) is 7.72. The fourth-order valence-corrected chi connectivity index (χ4v) is 4.24. The number of fused-ring (bicyclic) bond motifs is 1. The molecule has 0 aliphatic carbocycles. The first-order valence-electron chi connectivity index (χ1n) is 8.21. The van der Waals surface area contributed by atoms with Crippen LogP contribution in [0.25, 0.3) is 0 Å². The van der Waals surface area contributed by atoms with Crippen molar-refractivity contribution in [2.24, 2.45) is 0 Å². The van der Waals surface area contributed by atoms with E-state index in [0.29, 0.717) is 12.8 Å². The summed E-state index contributed by atoms with van der Waals surface area (Å²) in [5, 5.41) is 11.4. The van der Waals surface area contributed by atoms with Gasteiger partial charge in [-0.05, 0) is 36.1 Å². The monoisotopic (exact) mass is 356 g/mol. The lowest BCUT2D eigenvalue weighted by atomic mass is 9.95. The van der Waals surface area contributed by atoms with Gasteiger partial charge in [-0.25, -0.2) is 5.48 Å². The van der Waals surface area contributed by atoms with Crippen LogP contribution in [0.5, 0.6) is 0 Å². The molecule has 0 saturated heterocycles. The van der Waals surface area contributed by atoms with E-state index in [9.17, 15) is 9.59 Å². The van der Waals surface area contributed by atoms with Crippen LogP contribution in [-0.4, -0.2) is 22.3 Å². The molecule has 1 aliphatic heterocycles. The van der Waals surface area contributed by atoms with Gasteiger partial charge in [0.15, 0.2) is 0 Å². The fraction of sp³-hybridized carbons (Fsp3) is 0.263. The third-order valence-corrected chi connectivity index (χ3v) is 5.64. The third kappa shape index (κ3) is 3.86. The number of carbonyl (C=O) groups is 2. The largest absolute Gasteiger partial charge is 0.326 e. The molecule has 2 atom stereocenters. The highest BCUT2D eigenvalue weighted by molar-refractivity contribution is 8.01. The quantitative estimate of drug-likeness (QED) is 0.567. The highest BCUT2D eigenvalue weighted by Crippen LogP contribution is 2.38. The number of nitrogens with one attached hydrogen (secondary N) is 2. The molecule has 25 heavy (non-hydrogen) atoms. The van der Waals surface area contributed by atoms with Crippen molar-refractivity contribution in [2.45, 2.75) is 35.8 Å². The van der Waals surface area contributed by atoms with Crippen molar-refractivity contribution in [3.05, 3.63) is 59.7 Å². The SMILES string of the molecule is CCC(C(=O)Nc1ccc2c(c1)SC(C(=O)NO)C2)c1ccccc1. The van der Waals surface area contributed by atoms with Gasteiger partial charge in [0.25, 0.3) is 5.91 Å². The topological polar surface area (TPSA) is 78.4 Å². The van der Waals surface area contributed by atoms with Crippen LogP contribution < -0.4 is 10.8 Å². The maximum absolute atomic E-state index is 12.6. The summed E-state index contributed by atoms with van der Waals surface area (Å²) >= 11 is 1.40. The average Bonchev–Trinajstić information content (AvgIpc) is 3.06. The molecule has 1 heterocycles. The van der Waals surface area contributed by atoms with Crippen LogP contribution in [-0.2, 0) is 16.0 Å². The molecule has 6 heteroatoms. The summed E-state index contributed by atoms with van der Waals surface area (Å²) in [6.07, 6.45) is 1.29. The first-order valence-corrected chi connectivity index (χ1v) is 9.09. The van der Waals surface area contributed by atoms with E-state index in [4.69, 9.17) is 5.21 Å². The van der Waals surface area contributed by atoms with Gasteiger partial charge < -0.3 is 5.32 Å². The van der Waals surface area contributed by atoms with E-state index >= 15 is 0 Å². The molecule has 2 aromatic carbocycles. The minimum atomic E-state index is -0.401. The highest BCUT2D eigenvalue weighted by Gasteiger charge is 2.28. The molecular formula is C19H20N2O3S. The number of hydrogen-bond acceptors (Lipinski definition) is 4. The van der Waals surface area contributed by atoms with Crippen molar-refractivity contribution in [3.63, 3.8) is 0 Å². The lowest BCUT2D eigenvalue weighted by Gasteiger charge is -2.16. The second-order valence-corrected chi connectivity index (χ2v) is 7.21. The molecule has 0 aromatic heterocycles. The van der Waals surface area contributed by atoms with E-state index in [0.717, 1.165) is 21.7 Å². The fourth-order valence-electron chi connectivity index (χ4n) is 3.01. The number of thioether (sulfide) groups is 1. The molecule has 1 aliphatic rings. The lowest BCUT2D eigenvalue weighted by molar-refractivity contribution is -0.128. The van der Waals surface area contributed by atoms with Crippen LogP contribution in [0.2, 0.25) is 0 Å². The zero-order chi connectivity index (χ0) is 17.8. The van der Waals surface area contributed by atoms with Crippen LogP contribution in [0, 0.1) is 0 Å². The predicted molar refractivity (Wildman–Crippen MR) is 97.8 cm³/mol. The van der Waals surface area contributed by atoms with Gasteiger partial charge in [-0.3, -0.25) is 14.8 Å². The minimum absolute atomic E-state index is 0.0405. The zero-order valence-electron chi connectivity index (χ0n) is 13.9. The third-order valence-electron chi connectivity index (χ3n) is 4.34. The van der Waals surface area contributed by atoms with Gasteiger partial charge in [0.1, 0.15) is 0 Å². The Morgan fingerprint density at radius 1 is 1.24 bits per heavy atom. The van der Waals surface area contributed by atoms with E-state index in [1.54, 1.807) is 5.48 Å². The maximum Gasteiger partial charge on any atom is 0.257 e. The van der Waals surface area contributed by atoms with Crippen LogP contribution in [0.3, 0.4) is 0 Å². The normalized spacial score (nSPS) is 16.8. The Balaban J connectivity index is 1.72.